The van der Waals surface area contributed by atoms with E-state index in [1.54, 1.807) is 42.5 Å². The Labute approximate surface area is 117 Å². The van der Waals surface area contributed by atoms with Gasteiger partial charge in [-0.2, -0.15) is 0 Å². The zero-order valence-corrected chi connectivity index (χ0v) is 11.1. The first-order valence-electron chi connectivity index (χ1n) is 5.65. The number of halogens is 1. The Kier molecular flexibility index (Phi) is 4.22. The Morgan fingerprint density at radius 3 is 2.47 bits per heavy atom. The third-order valence-electron chi connectivity index (χ3n) is 2.52. The minimum atomic E-state index is -0.271. The predicted octanol–water partition coefficient (Wildman–Crippen LogP) is 3.58. The van der Waals surface area contributed by atoms with E-state index in [4.69, 9.17) is 16.3 Å². The highest BCUT2D eigenvalue weighted by Crippen LogP contribution is 2.17. The van der Waals surface area contributed by atoms with Crippen molar-refractivity contribution < 1.29 is 9.53 Å². The molecule has 0 aromatic heterocycles. The predicted molar refractivity (Wildman–Crippen MR) is 75.7 cm³/mol. The summed E-state index contributed by atoms with van der Waals surface area (Å²) < 4.78 is 5.13. The Hall–Kier alpha value is -2.24. The molecule has 19 heavy (non-hydrogen) atoms. The van der Waals surface area contributed by atoms with Gasteiger partial charge in [-0.25, -0.2) is 0 Å². The van der Waals surface area contributed by atoms with Crippen molar-refractivity contribution in [1.29, 1.82) is 0 Å². The van der Waals surface area contributed by atoms with Crippen LogP contribution in [-0.2, 0) is 0 Å². The minimum Gasteiger partial charge on any atom is -0.496 e. The molecule has 0 N–H and O–H groups in total. The summed E-state index contributed by atoms with van der Waals surface area (Å²) in [7, 11) is 1.53. The molecule has 0 spiro atoms. The SMILES string of the molecule is COc1ccccc1C(=O)C#Cc1ccc(Cl)cc1. The van der Waals surface area contributed by atoms with Gasteiger partial charge in [0.05, 0.1) is 12.7 Å². The molecule has 0 aliphatic heterocycles. The first kappa shape index (κ1) is 13.2. The van der Waals surface area contributed by atoms with Crippen LogP contribution in [-0.4, -0.2) is 12.9 Å². The van der Waals surface area contributed by atoms with Crippen molar-refractivity contribution in [3.05, 3.63) is 64.7 Å². The molecule has 2 rings (SSSR count). The molecule has 0 aliphatic rings. The summed E-state index contributed by atoms with van der Waals surface area (Å²) in [6, 6.07) is 14.0. The minimum absolute atomic E-state index is 0.271. The fourth-order valence-corrected chi connectivity index (χ4v) is 1.69. The van der Waals surface area contributed by atoms with Crippen LogP contribution in [0.3, 0.4) is 0 Å². The smallest absolute Gasteiger partial charge is 0.239 e. The Morgan fingerprint density at radius 2 is 1.79 bits per heavy atom. The molecule has 2 aromatic rings. The molecule has 2 aromatic carbocycles. The van der Waals surface area contributed by atoms with Crippen molar-refractivity contribution in [2.24, 2.45) is 0 Å². The molecule has 3 heteroatoms. The van der Waals surface area contributed by atoms with E-state index in [1.807, 2.05) is 6.07 Å². The average molecular weight is 271 g/mol. The van der Waals surface area contributed by atoms with E-state index in [2.05, 4.69) is 11.8 Å². The fourth-order valence-electron chi connectivity index (χ4n) is 1.56. The van der Waals surface area contributed by atoms with Crippen molar-refractivity contribution in [3.63, 3.8) is 0 Å². The van der Waals surface area contributed by atoms with Crippen LogP contribution in [0, 0.1) is 11.8 Å². The van der Waals surface area contributed by atoms with E-state index in [0.29, 0.717) is 16.3 Å². The second-order valence-electron chi connectivity index (χ2n) is 3.79. The highest BCUT2D eigenvalue weighted by molar-refractivity contribution is 6.30. The largest absolute Gasteiger partial charge is 0.496 e. The second kappa shape index (κ2) is 6.08. The maximum absolute atomic E-state index is 12.0. The molecule has 2 nitrogen and oxygen atoms in total. The summed E-state index contributed by atoms with van der Waals surface area (Å²) in [5, 5.41) is 0.640. The molecule has 0 aliphatic carbocycles. The van der Waals surface area contributed by atoms with Gasteiger partial charge in [0.25, 0.3) is 0 Å². The molecule has 0 unspecified atom stereocenters. The molecule has 0 bridgehead atoms. The molecule has 0 saturated heterocycles. The monoisotopic (exact) mass is 270 g/mol. The first-order valence-corrected chi connectivity index (χ1v) is 6.03. The zero-order chi connectivity index (χ0) is 13.7. The number of para-hydroxylation sites is 1. The number of hydrogen-bond donors (Lipinski definition) is 0. The van der Waals surface area contributed by atoms with Gasteiger partial charge in [-0.15, -0.1) is 0 Å². The number of methoxy groups -OCH3 is 1. The van der Waals surface area contributed by atoms with Gasteiger partial charge in [0.1, 0.15) is 5.75 Å². The standard InChI is InChI=1S/C16H11ClO2/c1-19-16-5-3-2-4-14(16)15(18)11-8-12-6-9-13(17)10-7-12/h2-7,9-10H,1H3. The molecule has 0 radical (unpaired) electrons. The summed E-state index contributed by atoms with van der Waals surface area (Å²) in [6.07, 6.45) is 0. The van der Waals surface area contributed by atoms with Crippen LogP contribution in [0.1, 0.15) is 15.9 Å². The highest BCUT2D eigenvalue weighted by Gasteiger charge is 2.08. The topological polar surface area (TPSA) is 26.3 Å². The summed E-state index contributed by atoms with van der Waals surface area (Å²) >= 11 is 5.78. The zero-order valence-electron chi connectivity index (χ0n) is 10.3. The van der Waals surface area contributed by atoms with Crippen molar-refractivity contribution in [1.82, 2.24) is 0 Å². The lowest BCUT2D eigenvalue weighted by atomic mass is 10.1. The number of benzene rings is 2. The van der Waals surface area contributed by atoms with E-state index in [-0.39, 0.29) is 5.78 Å². The maximum atomic E-state index is 12.0. The molecule has 0 atom stereocenters. The van der Waals surface area contributed by atoms with Gasteiger partial charge in [0.2, 0.25) is 5.78 Å². The van der Waals surface area contributed by atoms with Gasteiger partial charge in [-0.05, 0) is 42.3 Å². The number of carbonyl (C=O) groups is 1. The highest BCUT2D eigenvalue weighted by atomic mass is 35.5. The van der Waals surface area contributed by atoms with Gasteiger partial charge in [-0.1, -0.05) is 29.7 Å². The van der Waals surface area contributed by atoms with Gasteiger partial charge in [-0.3, -0.25) is 4.79 Å². The fraction of sp³-hybridized carbons (Fsp3) is 0.0625. The normalized spacial score (nSPS) is 9.37. The number of rotatable bonds is 2. The van der Waals surface area contributed by atoms with Crippen molar-refractivity contribution in [3.8, 4) is 17.6 Å². The van der Waals surface area contributed by atoms with Crippen LogP contribution in [0.25, 0.3) is 0 Å². The van der Waals surface area contributed by atoms with Crippen molar-refractivity contribution in [2.45, 2.75) is 0 Å². The third kappa shape index (κ3) is 3.37. The Morgan fingerprint density at radius 1 is 1.11 bits per heavy atom. The van der Waals surface area contributed by atoms with Gasteiger partial charge < -0.3 is 4.74 Å². The van der Waals surface area contributed by atoms with Gasteiger partial charge >= 0.3 is 0 Å². The van der Waals surface area contributed by atoms with Crippen LogP contribution in [0.15, 0.2) is 48.5 Å². The van der Waals surface area contributed by atoms with Crippen LogP contribution in [0.4, 0.5) is 0 Å². The van der Waals surface area contributed by atoms with Gasteiger partial charge in [0.15, 0.2) is 0 Å². The lowest BCUT2D eigenvalue weighted by Crippen LogP contribution is -1.98. The number of ether oxygens (including phenoxy) is 1. The number of Topliss-reactive ketones (excluding diaryl/α,β-unsaturated/α-hetero) is 1. The van der Waals surface area contributed by atoms with E-state index >= 15 is 0 Å². The second-order valence-corrected chi connectivity index (χ2v) is 4.22. The van der Waals surface area contributed by atoms with Gasteiger partial charge in [0, 0.05) is 10.6 Å². The van der Waals surface area contributed by atoms with Crippen LogP contribution < -0.4 is 4.74 Å². The van der Waals surface area contributed by atoms with Crippen molar-refractivity contribution >= 4 is 17.4 Å². The number of hydrogen-bond acceptors (Lipinski definition) is 2. The summed E-state index contributed by atoms with van der Waals surface area (Å²) in [6.45, 7) is 0. The summed E-state index contributed by atoms with van der Waals surface area (Å²) in [5.41, 5.74) is 1.21. The number of ketones is 1. The molecular formula is C16H11ClO2. The third-order valence-corrected chi connectivity index (χ3v) is 2.77. The van der Waals surface area contributed by atoms with E-state index in [0.717, 1.165) is 5.56 Å². The molecular weight excluding hydrogens is 260 g/mol. The lowest BCUT2D eigenvalue weighted by Gasteiger charge is -2.02. The first-order chi connectivity index (χ1) is 9.20. The molecule has 0 amide bonds. The maximum Gasteiger partial charge on any atom is 0.239 e. The molecule has 0 heterocycles. The quantitative estimate of drug-likeness (QED) is 0.616. The van der Waals surface area contributed by atoms with Crippen LogP contribution in [0.5, 0.6) is 5.75 Å². The lowest BCUT2D eigenvalue weighted by molar-refractivity contribution is 0.105. The number of carbonyl (C=O) groups excluding carboxylic acids is 1. The van der Waals surface area contributed by atoms with Crippen LogP contribution >= 0.6 is 11.6 Å². The van der Waals surface area contributed by atoms with E-state index in [9.17, 15) is 4.79 Å². The molecule has 0 fully saturated rings. The van der Waals surface area contributed by atoms with Crippen LogP contribution in [0.2, 0.25) is 5.02 Å². The molecule has 0 saturated carbocycles. The Bertz CT molecular complexity index is 648. The van der Waals surface area contributed by atoms with E-state index in [1.165, 1.54) is 7.11 Å². The van der Waals surface area contributed by atoms with Crippen molar-refractivity contribution in [2.75, 3.05) is 7.11 Å². The average Bonchev–Trinajstić information content (AvgIpc) is 2.46. The molecule has 94 valence electrons. The summed E-state index contributed by atoms with van der Waals surface area (Å²) in [5.74, 6) is 5.66. The Balaban J connectivity index is 2.24. The summed E-state index contributed by atoms with van der Waals surface area (Å²) in [4.78, 5) is 12.0. The van der Waals surface area contributed by atoms with E-state index < -0.39 is 0 Å².